The summed E-state index contributed by atoms with van der Waals surface area (Å²) in [7, 11) is 0. The summed E-state index contributed by atoms with van der Waals surface area (Å²) in [4.78, 5) is 0. The van der Waals surface area contributed by atoms with Gasteiger partial charge >= 0.3 is 6.18 Å². The van der Waals surface area contributed by atoms with Crippen molar-refractivity contribution in [3.63, 3.8) is 0 Å². The average Bonchev–Trinajstić information content (AvgIpc) is 2.38. The van der Waals surface area contributed by atoms with Crippen LogP contribution >= 0.6 is 0 Å². The summed E-state index contributed by atoms with van der Waals surface area (Å²) < 4.78 is 37.6. The van der Waals surface area contributed by atoms with Crippen LogP contribution in [0.25, 0.3) is 0 Å². The zero-order valence-electron chi connectivity index (χ0n) is 11.9. The first kappa shape index (κ1) is 15.4. The molecule has 20 heavy (non-hydrogen) atoms. The van der Waals surface area contributed by atoms with Crippen LogP contribution in [0.3, 0.4) is 0 Å². The Bertz CT molecular complexity index is 440. The molecule has 1 fully saturated rings. The van der Waals surface area contributed by atoms with Crippen molar-refractivity contribution in [3.8, 4) is 0 Å². The third-order valence-corrected chi connectivity index (χ3v) is 4.55. The van der Waals surface area contributed by atoms with Gasteiger partial charge in [0.2, 0.25) is 0 Å². The summed E-state index contributed by atoms with van der Waals surface area (Å²) in [6.45, 7) is 4.35. The molecule has 0 saturated heterocycles. The molecule has 1 saturated carbocycles. The van der Waals surface area contributed by atoms with E-state index in [1.807, 2.05) is 0 Å². The van der Waals surface area contributed by atoms with Gasteiger partial charge in [-0.25, -0.2) is 0 Å². The first-order valence-corrected chi connectivity index (χ1v) is 7.12. The first-order chi connectivity index (χ1) is 9.22. The standard InChI is InChI=1S/C16H21F3O/c1-11(2)12-7-9-15(20,10-8-12)13-3-5-14(6-4-13)16(17,18)19/h3-6,11-12,20H,7-10H2,1-2H3. The minimum Gasteiger partial charge on any atom is -0.385 e. The molecule has 112 valence electrons. The lowest BCUT2D eigenvalue weighted by Crippen LogP contribution is -2.32. The molecule has 1 aliphatic rings. The number of aliphatic hydroxyl groups is 1. The number of benzene rings is 1. The second-order valence-electron chi connectivity index (χ2n) is 6.19. The molecule has 0 aliphatic heterocycles. The van der Waals surface area contributed by atoms with E-state index in [-0.39, 0.29) is 0 Å². The van der Waals surface area contributed by atoms with Gasteiger partial charge in [-0.15, -0.1) is 0 Å². The maximum atomic E-state index is 12.5. The van der Waals surface area contributed by atoms with Crippen molar-refractivity contribution in [1.82, 2.24) is 0 Å². The van der Waals surface area contributed by atoms with Gasteiger partial charge in [0, 0.05) is 0 Å². The Labute approximate surface area is 117 Å². The Hall–Kier alpha value is -1.03. The molecular weight excluding hydrogens is 265 g/mol. The fourth-order valence-corrected chi connectivity index (χ4v) is 3.04. The van der Waals surface area contributed by atoms with Crippen molar-refractivity contribution in [2.45, 2.75) is 51.3 Å². The van der Waals surface area contributed by atoms with E-state index in [4.69, 9.17) is 0 Å². The summed E-state index contributed by atoms with van der Waals surface area (Å²) >= 11 is 0. The highest BCUT2D eigenvalue weighted by Gasteiger charge is 2.36. The lowest BCUT2D eigenvalue weighted by atomic mass is 9.72. The van der Waals surface area contributed by atoms with E-state index < -0.39 is 17.3 Å². The minimum atomic E-state index is -4.32. The van der Waals surface area contributed by atoms with Gasteiger partial charge in [-0.05, 0) is 55.2 Å². The van der Waals surface area contributed by atoms with Gasteiger partial charge in [0.25, 0.3) is 0 Å². The van der Waals surface area contributed by atoms with Gasteiger partial charge in [-0.2, -0.15) is 13.2 Å². The molecule has 0 unspecified atom stereocenters. The van der Waals surface area contributed by atoms with E-state index in [0.29, 0.717) is 30.2 Å². The van der Waals surface area contributed by atoms with E-state index in [9.17, 15) is 18.3 Å². The smallest absolute Gasteiger partial charge is 0.385 e. The van der Waals surface area contributed by atoms with Crippen LogP contribution in [0.1, 0.15) is 50.7 Å². The third-order valence-electron chi connectivity index (χ3n) is 4.55. The molecule has 1 aromatic rings. The zero-order chi connectivity index (χ0) is 15.0. The molecule has 1 N–H and O–H groups in total. The fourth-order valence-electron chi connectivity index (χ4n) is 3.04. The summed E-state index contributed by atoms with van der Waals surface area (Å²) in [5.74, 6) is 1.19. The Morgan fingerprint density at radius 2 is 1.60 bits per heavy atom. The summed E-state index contributed by atoms with van der Waals surface area (Å²) in [6, 6.07) is 4.95. The number of halogens is 3. The van der Waals surface area contributed by atoms with Crippen LogP contribution in [-0.4, -0.2) is 5.11 Å². The molecule has 1 aliphatic carbocycles. The molecule has 0 aromatic heterocycles. The maximum absolute atomic E-state index is 12.5. The molecule has 4 heteroatoms. The van der Waals surface area contributed by atoms with Crippen molar-refractivity contribution in [2.75, 3.05) is 0 Å². The quantitative estimate of drug-likeness (QED) is 0.832. The van der Waals surface area contributed by atoms with Gasteiger partial charge < -0.3 is 5.11 Å². The molecular formula is C16H21F3O. The SMILES string of the molecule is CC(C)C1CCC(O)(c2ccc(C(F)(F)F)cc2)CC1. The van der Waals surface area contributed by atoms with Gasteiger partial charge in [-0.3, -0.25) is 0 Å². The molecule has 0 radical (unpaired) electrons. The Morgan fingerprint density at radius 1 is 1.10 bits per heavy atom. The summed E-state index contributed by atoms with van der Waals surface area (Å²) in [5, 5.41) is 10.7. The summed E-state index contributed by atoms with van der Waals surface area (Å²) in [5.41, 5.74) is -1.02. The molecule has 0 bridgehead atoms. The van der Waals surface area contributed by atoms with Crippen LogP contribution < -0.4 is 0 Å². The molecule has 0 heterocycles. The minimum absolute atomic E-state index is 0.590. The van der Waals surface area contributed by atoms with E-state index in [1.165, 1.54) is 12.1 Å². The van der Waals surface area contributed by atoms with E-state index in [1.54, 1.807) is 0 Å². The third kappa shape index (κ3) is 3.17. The summed E-state index contributed by atoms with van der Waals surface area (Å²) in [6.07, 6.45) is -1.22. The van der Waals surface area contributed by atoms with Gasteiger partial charge in [0.15, 0.2) is 0 Å². The highest BCUT2D eigenvalue weighted by molar-refractivity contribution is 5.29. The first-order valence-electron chi connectivity index (χ1n) is 7.12. The van der Waals surface area contributed by atoms with Gasteiger partial charge in [0.1, 0.15) is 0 Å². The average molecular weight is 286 g/mol. The second kappa shape index (κ2) is 5.40. The van der Waals surface area contributed by atoms with Crippen LogP contribution in [0.2, 0.25) is 0 Å². The topological polar surface area (TPSA) is 20.2 Å². The molecule has 1 nitrogen and oxygen atoms in total. The van der Waals surface area contributed by atoms with Crippen molar-refractivity contribution >= 4 is 0 Å². The lowest BCUT2D eigenvalue weighted by molar-refractivity contribution is -0.137. The van der Waals surface area contributed by atoms with Crippen LogP contribution in [0.15, 0.2) is 24.3 Å². The normalized spacial score (nSPS) is 27.9. The van der Waals surface area contributed by atoms with E-state index in [0.717, 1.165) is 25.0 Å². The van der Waals surface area contributed by atoms with E-state index in [2.05, 4.69) is 13.8 Å². The molecule has 0 atom stereocenters. The molecule has 1 aromatic carbocycles. The van der Waals surface area contributed by atoms with Crippen molar-refractivity contribution in [2.24, 2.45) is 11.8 Å². The predicted molar refractivity (Wildman–Crippen MR) is 72.1 cm³/mol. The number of hydrogen-bond acceptors (Lipinski definition) is 1. The van der Waals surface area contributed by atoms with Crippen LogP contribution in [0, 0.1) is 11.8 Å². The second-order valence-corrected chi connectivity index (χ2v) is 6.19. The van der Waals surface area contributed by atoms with Gasteiger partial charge in [0.05, 0.1) is 11.2 Å². The molecule has 2 rings (SSSR count). The lowest BCUT2D eigenvalue weighted by Gasteiger charge is -2.38. The maximum Gasteiger partial charge on any atom is 0.416 e. The monoisotopic (exact) mass is 286 g/mol. The van der Waals surface area contributed by atoms with Gasteiger partial charge in [-0.1, -0.05) is 26.0 Å². The largest absolute Gasteiger partial charge is 0.416 e. The van der Waals surface area contributed by atoms with Crippen molar-refractivity contribution < 1.29 is 18.3 Å². The Kier molecular flexibility index (Phi) is 4.14. The fraction of sp³-hybridized carbons (Fsp3) is 0.625. The van der Waals surface area contributed by atoms with Crippen LogP contribution in [0.4, 0.5) is 13.2 Å². The van der Waals surface area contributed by atoms with Crippen LogP contribution in [0.5, 0.6) is 0 Å². The molecule has 0 spiro atoms. The predicted octanol–water partition coefficient (Wildman–Crippen LogP) is 4.74. The highest BCUT2D eigenvalue weighted by Crippen LogP contribution is 2.42. The molecule has 0 amide bonds. The Morgan fingerprint density at radius 3 is 2.00 bits per heavy atom. The Balaban J connectivity index is 2.12. The van der Waals surface area contributed by atoms with Crippen LogP contribution in [-0.2, 0) is 11.8 Å². The number of rotatable bonds is 2. The number of alkyl halides is 3. The highest BCUT2D eigenvalue weighted by atomic mass is 19.4. The van der Waals surface area contributed by atoms with Crippen molar-refractivity contribution in [1.29, 1.82) is 0 Å². The van der Waals surface area contributed by atoms with Crippen molar-refractivity contribution in [3.05, 3.63) is 35.4 Å². The zero-order valence-corrected chi connectivity index (χ0v) is 11.9. The number of hydrogen-bond donors (Lipinski definition) is 1. The van der Waals surface area contributed by atoms with E-state index >= 15 is 0 Å².